The van der Waals surface area contributed by atoms with Crippen LogP contribution in [0.25, 0.3) is 22.2 Å². The molecule has 0 unspecified atom stereocenters. The number of pyridine rings is 1. The molecule has 1 heteroatoms. The highest BCUT2D eigenvalue weighted by atomic mass is 14.9. The number of rotatable bonds is 3. The summed E-state index contributed by atoms with van der Waals surface area (Å²) in [6.45, 7) is 6.22. The van der Waals surface area contributed by atoms with E-state index in [0.717, 1.165) is 28.8 Å². The van der Waals surface area contributed by atoms with Crippen LogP contribution in [-0.4, -0.2) is 0 Å². The molecule has 0 aliphatic carbocycles. The standard InChI is InChI=1S/C23H28N/c1-15(2)11-19-7-8-20-9-10-22(24(6)23(20)14-19)21-13-16(3)12-17(4)18(21)5/h7-10,12-15H,11H2,1-6H3/q+1/i4D3. The molecule has 0 N–H and O–H groups in total. The zero-order valence-electron chi connectivity index (χ0n) is 18.3. The van der Waals surface area contributed by atoms with E-state index in [-0.39, 0.29) is 0 Å². The van der Waals surface area contributed by atoms with Gasteiger partial charge in [-0.2, -0.15) is 4.57 Å². The van der Waals surface area contributed by atoms with E-state index in [1.807, 2.05) is 13.8 Å². The van der Waals surface area contributed by atoms with Crippen LogP contribution in [0.15, 0.2) is 42.5 Å². The first-order valence-corrected chi connectivity index (χ1v) is 8.61. The van der Waals surface area contributed by atoms with Crippen molar-refractivity contribution >= 4 is 10.9 Å². The summed E-state index contributed by atoms with van der Waals surface area (Å²) in [4.78, 5) is 0. The van der Waals surface area contributed by atoms with Crippen LogP contribution in [0.1, 0.15) is 40.2 Å². The van der Waals surface area contributed by atoms with E-state index in [9.17, 15) is 0 Å². The molecule has 0 amide bonds. The number of fused-ring (bicyclic) bond motifs is 1. The number of nitrogens with zero attached hydrogens (tertiary/aromatic N) is 1. The lowest BCUT2D eigenvalue weighted by Crippen LogP contribution is -2.32. The molecule has 0 atom stereocenters. The Hall–Kier alpha value is -2.15. The van der Waals surface area contributed by atoms with Crippen molar-refractivity contribution in [2.75, 3.05) is 0 Å². The zero-order chi connectivity index (χ0) is 19.9. The minimum atomic E-state index is -2.11. The van der Waals surface area contributed by atoms with E-state index >= 15 is 0 Å². The lowest BCUT2D eigenvalue weighted by molar-refractivity contribution is -0.633. The Morgan fingerprint density at radius 2 is 1.79 bits per heavy atom. The van der Waals surface area contributed by atoms with Gasteiger partial charge in [-0.3, -0.25) is 0 Å². The van der Waals surface area contributed by atoms with Crippen molar-refractivity contribution in [2.45, 2.75) is 41.0 Å². The number of hydrogen-bond donors (Lipinski definition) is 0. The first kappa shape index (κ1) is 13.2. The third kappa shape index (κ3) is 3.08. The summed E-state index contributed by atoms with van der Waals surface area (Å²) in [5.41, 5.74) is 6.75. The van der Waals surface area contributed by atoms with Gasteiger partial charge in [0.15, 0.2) is 0 Å². The molecule has 0 bridgehead atoms. The van der Waals surface area contributed by atoms with E-state index in [0.29, 0.717) is 11.5 Å². The molecule has 0 aliphatic heterocycles. The smallest absolute Gasteiger partial charge is 0.194 e. The van der Waals surface area contributed by atoms with Gasteiger partial charge in [0.2, 0.25) is 11.2 Å². The van der Waals surface area contributed by atoms with Crippen molar-refractivity contribution in [3.05, 3.63) is 64.7 Å². The Morgan fingerprint density at radius 1 is 1.04 bits per heavy atom. The maximum Gasteiger partial charge on any atom is 0.213 e. The quantitative estimate of drug-likeness (QED) is 0.564. The van der Waals surface area contributed by atoms with Crippen molar-refractivity contribution in [2.24, 2.45) is 13.0 Å². The fourth-order valence-electron chi connectivity index (χ4n) is 3.42. The summed E-state index contributed by atoms with van der Waals surface area (Å²) in [6, 6.07) is 14.7. The third-order valence-corrected chi connectivity index (χ3v) is 4.71. The summed E-state index contributed by atoms with van der Waals surface area (Å²) in [6.07, 6.45) is 1.05. The van der Waals surface area contributed by atoms with Crippen LogP contribution in [0, 0.1) is 26.6 Å². The molecule has 1 aromatic heterocycles. The molecule has 0 saturated heterocycles. The average Bonchev–Trinajstić information content (AvgIpc) is 2.56. The van der Waals surface area contributed by atoms with Crippen LogP contribution in [-0.2, 0) is 13.5 Å². The fraction of sp³-hybridized carbons (Fsp3) is 0.348. The van der Waals surface area contributed by atoms with E-state index in [1.54, 1.807) is 6.07 Å². The van der Waals surface area contributed by atoms with Gasteiger partial charge in [-0.25, -0.2) is 0 Å². The van der Waals surface area contributed by atoms with Crippen LogP contribution in [0.5, 0.6) is 0 Å². The molecule has 0 spiro atoms. The molecule has 3 aromatic rings. The second kappa shape index (κ2) is 6.39. The summed E-state index contributed by atoms with van der Waals surface area (Å²) >= 11 is 0. The van der Waals surface area contributed by atoms with Gasteiger partial charge in [-0.1, -0.05) is 31.5 Å². The topological polar surface area (TPSA) is 3.88 Å². The van der Waals surface area contributed by atoms with Crippen molar-refractivity contribution < 1.29 is 8.68 Å². The normalized spacial score (nSPS) is 13.8. The highest BCUT2D eigenvalue weighted by Crippen LogP contribution is 2.26. The van der Waals surface area contributed by atoms with Gasteiger partial charge in [0, 0.05) is 27.2 Å². The van der Waals surface area contributed by atoms with Crippen molar-refractivity contribution in [3.8, 4) is 11.3 Å². The van der Waals surface area contributed by atoms with Gasteiger partial charge in [-0.15, -0.1) is 0 Å². The highest BCUT2D eigenvalue weighted by molar-refractivity contribution is 5.79. The minimum Gasteiger partial charge on any atom is -0.194 e. The summed E-state index contributed by atoms with van der Waals surface area (Å²) in [5.74, 6) is 0.608. The van der Waals surface area contributed by atoms with Gasteiger partial charge in [0.1, 0.15) is 7.05 Å². The summed E-state index contributed by atoms with van der Waals surface area (Å²) in [5, 5.41) is 1.19. The van der Waals surface area contributed by atoms with Gasteiger partial charge < -0.3 is 0 Å². The number of aryl methyl sites for hydroxylation is 3. The molecule has 0 fully saturated rings. The summed E-state index contributed by atoms with van der Waals surface area (Å²) in [7, 11) is 2.06. The molecule has 24 heavy (non-hydrogen) atoms. The predicted octanol–water partition coefficient (Wildman–Crippen LogP) is 5.46. The molecule has 2 aromatic carbocycles. The molecular formula is C23H28N+. The van der Waals surface area contributed by atoms with E-state index in [4.69, 9.17) is 4.11 Å². The molecule has 124 valence electrons. The Balaban J connectivity index is 2.23. The van der Waals surface area contributed by atoms with E-state index in [2.05, 4.69) is 61.9 Å². The minimum absolute atomic E-state index is 0.436. The van der Waals surface area contributed by atoms with Crippen LogP contribution >= 0.6 is 0 Å². The molecular weight excluding hydrogens is 290 g/mol. The van der Waals surface area contributed by atoms with E-state index < -0.39 is 6.85 Å². The molecule has 0 radical (unpaired) electrons. The molecule has 1 heterocycles. The van der Waals surface area contributed by atoms with Gasteiger partial charge in [0.25, 0.3) is 0 Å². The third-order valence-electron chi connectivity index (χ3n) is 4.71. The van der Waals surface area contributed by atoms with E-state index in [1.165, 1.54) is 16.5 Å². The van der Waals surface area contributed by atoms with Gasteiger partial charge >= 0.3 is 0 Å². The SMILES string of the molecule is [2H]C([2H])([2H])c1cc(C)cc(-c2ccc3ccc(CC(C)C)cc3[n+]2C)c1C. The fourth-order valence-corrected chi connectivity index (χ4v) is 3.42. The first-order chi connectivity index (χ1) is 12.6. The number of hydrogen-bond acceptors (Lipinski definition) is 0. The van der Waals surface area contributed by atoms with Crippen molar-refractivity contribution in [3.63, 3.8) is 0 Å². The molecule has 0 saturated carbocycles. The maximum atomic E-state index is 7.87. The van der Waals surface area contributed by atoms with Crippen LogP contribution < -0.4 is 4.57 Å². The number of aromatic nitrogens is 1. The lowest BCUT2D eigenvalue weighted by atomic mass is 9.96. The molecule has 0 aliphatic rings. The average molecular weight is 322 g/mol. The van der Waals surface area contributed by atoms with Crippen molar-refractivity contribution in [1.82, 2.24) is 0 Å². The van der Waals surface area contributed by atoms with Crippen LogP contribution in [0.3, 0.4) is 0 Å². The number of benzene rings is 2. The Morgan fingerprint density at radius 3 is 2.50 bits per heavy atom. The van der Waals surface area contributed by atoms with Crippen molar-refractivity contribution in [1.29, 1.82) is 0 Å². The zero-order valence-corrected chi connectivity index (χ0v) is 15.3. The predicted molar refractivity (Wildman–Crippen MR) is 103 cm³/mol. The maximum absolute atomic E-state index is 7.87. The largest absolute Gasteiger partial charge is 0.213 e. The second-order valence-electron chi connectivity index (χ2n) is 7.25. The van der Waals surface area contributed by atoms with Crippen LogP contribution in [0.2, 0.25) is 0 Å². The lowest BCUT2D eigenvalue weighted by Gasteiger charge is -2.11. The second-order valence-corrected chi connectivity index (χ2v) is 7.25. The molecule has 3 rings (SSSR count). The first-order valence-electron chi connectivity index (χ1n) is 10.1. The molecule has 1 nitrogen and oxygen atoms in total. The Bertz CT molecular complexity index is 1000. The van der Waals surface area contributed by atoms with Gasteiger partial charge in [0.05, 0.1) is 0 Å². The Kier molecular flexibility index (Phi) is 3.51. The monoisotopic (exact) mass is 321 g/mol. The Labute approximate surface area is 150 Å². The van der Waals surface area contributed by atoms with Gasteiger partial charge in [-0.05, 0) is 67.9 Å². The summed E-state index contributed by atoms with van der Waals surface area (Å²) < 4.78 is 25.8. The van der Waals surface area contributed by atoms with Crippen LogP contribution in [0.4, 0.5) is 0 Å². The highest BCUT2D eigenvalue weighted by Gasteiger charge is 2.17.